The van der Waals surface area contributed by atoms with Gasteiger partial charge in [-0.05, 0) is 0 Å². The minimum atomic E-state index is -4.76. The summed E-state index contributed by atoms with van der Waals surface area (Å²) in [7, 11) is -2.24. The first-order chi connectivity index (χ1) is 17.6. The van der Waals surface area contributed by atoms with E-state index in [1.54, 1.807) is 0 Å². The fraction of sp³-hybridized carbons (Fsp3) is 0.400. The standard InChI is InChI=1S/C12H27OSi.3C6H6O.Zr/c1-4-7-10-14(13,11-8-5-2)12-9-6-3;3*7-6-4-2-1-3-5-6;/h4-12H2,1-3H3;3*1-5,7H;/q-1;;;;+4/p-3. The van der Waals surface area contributed by atoms with Crippen molar-refractivity contribution < 1.29 is 33.0 Å². The van der Waals surface area contributed by atoms with E-state index in [4.69, 9.17) is 10.9 Å². The normalized spacial score (nSPS) is 11.8. The second kappa shape index (κ2) is 15.4. The number of hydrogen-bond acceptors (Lipinski definition) is 4. The Balaban J connectivity index is 2.10. The summed E-state index contributed by atoms with van der Waals surface area (Å²) in [5, 5.41) is 0. The maximum atomic E-state index is 7.43. The topological polar surface area (TPSA) is 36.9 Å². The summed E-state index contributed by atoms with van der Waals surface area (Å²) in [6, 6.07) is 32.9. The average molecular weight is 586 g/mol. The van der Waals surface area contributed by atoms with Gasteiger partial charge in [0.25, 0.3) is 0 Å². The molecule has 3 aromatic carbocycles. The first kappa shape index (κ1) is 28.7. The summed E-state index contributed by atoms with van der Waals surface area (Å²) >= 11 is -4.76. The molecule has 4 nitrogen and oxygen atoms in total. The van der Waals surface area contributed by atoms with Crippen LogP contribution in [0.3, 0.4) is 0 Å². The first-order valence-corrected chi connectivity index (χ1v) is 20.1. The average Bonchev–Trinajstić information content (AvgIpc) is 2.91. The zero-order valence-corrected chi connectivity index (χ0v) is 25.6. The molecule has 0 saturated carbocycles. The van der Waals surface area contributed by atoms with Crippen LogP contribution in [0.5, 0.6) is 17.2 Å². The van der Waals surface area contributed by atoms with Gasteiger partial charge in [-0.25, -0.2) is 0 Å². The Labute approximate surface area is 226 Å². The van der Waals surface area contributed by atoms with E-state index in [2.05, 4.69) is 20.8 Å². The summed E-state index contributed by atoms with van der Waals surface area (Å²) in [5.74, 6) is 2.18. The van der Waals surface area contributed by atoms with Crippen molar-refractivity contribution in [2.45, 2.75) is 77.4 Å². The number of rotatable bonds is 17. The molecule has 0 atom stereocenters. The van der Waals surface area contributed by atoms with E-state index in [0.29, 0.717) is 0 Å². The molecule has 0 unspecified atom stereocenters. The van der Waals surface area contributed by atoms with Crippen molar-refractivity contribution in [3.63, 3.8) is 0 Å². The molecule has 0 saturated heterocycles. The second-order valence-corrected chi connectivity index (χ2v) is 18.9. The van der Waals surface area contributed by atoms with Crippen molar-refractivity contribution in [1.82, 2.24) is 0 Å². The summed E-state index contributed by atoms with van der Waals surface area (Å²) in [6.07, 6.45) is 6.92. The number of hydrogen-bond donors (Lipinski definition) is 0. The molecule has 6 heteroatoms. The van der Waals surface area contributed by atoms with Crippen LogP contribution in [-0.2, 0) is 24.5 Å². The molecule has 194 valence electrons. The third-order valence-corrected chi connectivity index (χ3v) is 19.4. The number of unbranched alkanes of at least 4 members (excludes halogenated alkanes) is 3. The van der Waals surface area contributed by atoms with Crippen molar-refractivity contribution in [1.29, 1.82) is 0 Å². The van der Waals surface area contributed by atoms with Gasteiger partial charge in [0.2, 0.25) is 0 Å². The van der Waals surface area contributed by atoms with E-state index in [0.717, 1.165) is 73.9 Å². The van der Waals surface area contributed by atoms with Gasteiger partial charge in [-0.2, -0.15) is 0 Å². The molecule has 0 spiro atoms. The Morgan fingerprint density at radius 1 is 0.500 bits per heavy atom. The number of benzene rings is 3. The van der Waals surface area contributed by atoms with Crippen LogP contribution >= 0.6 is 0 Å². The van der Waals surface area contributed by atoms with E-state index >= 15 is 0 Å². The summed E-state index contributed by atoms with van der Waals surface area (Å²) in [6.45, 7) is 6.78. The van der Waals surface area contributed by atoms with Gasteiger partial charge in [0.1, 0.15) is 0 Å². The van der Waals surface area contributed by atoms with Crippen LogP contribution in [0, 0.1) is 0 Å². The van der Waals surface area contributed by atoms with E-state index in [1.165, 1.54) is 0 Å². The van der Waals surface area contributed by atoms with E-state index in [-0.39, 0.29) is 0 Å². The first-order valence-electron chi connectivity index (χ1n) is 13.5. The van der Waals surface area contributed by atoms with Crippen molar-refractivity contribution in [2.75, 3.05) is 0 Å². The van der Waals surface area contributed by atoms with Gasteiger partial charge < -0.3 is 0 Å². The Morgan fingerprint density at radius 2 is 0.806 bits per heavy atom. The van der Waals surface area contributed by atoms with Gasteiger partial charge in [0, 0.05) is 0 Å². The zero-order chi connectivity index (χ0) is 25.5. The summed E-state index contributed by atoms with van der Waals surface area (Å²) in [4.78, 5) is 0. The van der Waals surface area contributed by atoms with Crippen molar-refractivity contribution in [3.05, 3.63) is 91.0 Å². The molecule has 0 aromatic heterocycles. The van der Waals surface area contributed by atoms with E-state index in [9.17, 15) is 0 Å². The molecule has 0 aliphatic heterocycles. The Bertz CT molecular complexity index is 849. The molecule has 0 aliphatic carbocycles. The predicted octanol–water partition coefficient (Wildman–Crippen LogP) is 9.40. The van der Waals surface area contributed by atoms with Crippen LogP contribution in [0.2, 0.25) is 18.1 Å². The fourth-order valence-corrected chi connectivity index (χ4v) is 19.5. The van der Waals surface area contributed by atoms with Crippen molar-refractivity contribution in [3.8, 4) is 17.2 Å². The predicted molar refractivity (Wildman–Crippen MR) is 147 cm³/mol. The van der Waals surface area contributed by atoms with Gasteiger partial charge in [-0.3, -0.25) is 0 Å². The Kier molecular flexibility index (Phi) is 12.3. The van der Waals surface area contributed by atoms with Crippen molar-refractivity contribution >= 4 is 8.32 Å². The van der Waals surface area contributed by atoms with Gasteiger partial charge >= 0.3 is 227 Å². The molecular weight excluding hydrogens is 544 g/mol. The molecular formula is C30H42O4SiZr. The molecule has 3 rings (SSSR count). The molecule has 36 heavy (non-hydrogen) atoms. The molecule has 0 fully saturated rings. The van der Waals surface area contributed by atoms with Gasteiger partial charge in [-0.1, -0.05) is 0 Å². The maximum absolute atomic E-state index is 7.43. The molecule has 3 aromatic rings. The second-order valence-electron chi connectivity index (χ2n) is 9.34. The summed E-state index contributed by atoms with van der Waals surface area (Å²) in [5.41, 5.74) is 0. The third-order valence-electron chi connectivity index (χ3n) is 6.26. The van der Waals surface area contributed by atoms with Gasteiger partial charge in [0.05, 0.1) is 0 Å². The van der Waals surface area contributed by atoms with E-state index in [1.807, 2.05) is 91.0 Å². The molecule has 0 radical (unpaired) electrons. The van der Waals surface area contributed by atoms with Gasteiger partial charge in [-0.15, -0.1) is 0 Å². The molecule has 0 amide bonds. The van der Waals surface area contributed by atoms with Crippen LogP contribution in [0.1, 0.15) is 59.3 Å². The molecule has 0 bridgehead atoms. The van der Waals surface area contributed by atoms with Gasteiger partial charge in [0.15, 0.2) is 0 Å². The quantitative estimate of drug-likeness (QED) is 0.148. The van der Waals surface area contributed by atoms with Crippen LogP contribution in [0.4, 0.5) is 0 Å². The fourth-order valence-electron chi connectivity index (χ4n) is 4.31. The van der Waals surface area contributed by atoms with Crippen LogP contribution in [-0.4, -0.2) is 8.32 Å². The van der Waals surface area contributed by atoms with E-state index < -0.39 is 30.3 Å². The number of para-hydroxylation sites is 3. The Morgan fingerprint density at radius 3 is 1.08 bits per heavy atom. The molecule has 0 aliphatic rings. The minimum absolute atomic E-state index is 0.726. The van der Waals surface area contributed by atoms with Crippen LogP contribution in [0.25, 0.3) is 0 Å². The Hall–Kier alpha value is -1.88. The molecule has 0 heterocycles. The van der Waals surface area contributed by atoms with Crippen molar-refractivity contribution in [2.24, 2.45) is 0 Å². The third kappa shape index (κ3) is 9.21. The molecule has 0 N–H and O–H groups in total. The SMILES string of the molecule is CCCC[Si](CCCC)(CCCC)[O][Zr]([O]c1ccccc1)([O]c1ccccc1)[O]c1ccccc1. The monoisotopic (exact) mass is 584 g/mol. The van der Waals surface area contributed by atoms with Crippen LogP contribution < -0.4 is 8.44 Å². The summed E-state index contributed by atoms with van der Waals surface area (Å²) < 4.78 is 27.8. The van der Waals surface area contributed by atoms with Crippen LogP contribution in [0.15, 0.2) is 91.0 Å². The zero-order valence-electron chi connectivity index (χ0n) is 22.2.